The molecular formula is C22H27N3O2. The topological polar surface area (TPSA) is 52.7 Å². The molecular weight excluding hydrogens is 338 g/mol. The molecule has 1 saturated heterocycles. The summed E-state index contributed by atoms with van der Waals surface area (Å²) in [6, 6.07) is 19.8. The molecule has 0 aromatic heterocycles. The fourth-order valence-corrected chi connectivity index (χ4v) is 3.45. The first kappa shape index (κ1) is 19.0. The molecule has 1 aliphatic heterocycles. The van der Waals surface area contributed by atoms with Crippen LogP contribution in [0.25, 0.3) is 0 Å². The van der Waals surface area contributed by atoms with Crippen LogP contribution in [0.4, 0.5) is 5.69 Å². The SMILES string of the molecule is CC(C)[C@@H](NC(=O)C(=O)N1CCN(c2ccccc2)CC1)c1ccccc1. The highest BCUT2D eigenvalue weighted by Crippen LogP contribution is 2.21. The van der Waals surface area contributed by atoms with Crippen LogP contribution in [0.2, 0.25) is 0 Å². The molecule has 3 rings (SSSR count). The summed E-state index contributed by atoms with van der Waals surface area (Å²) in [7, 11) is 0. The zero-order valence-electron chi connectivity index (χ0n) is 16.0. The molecule has 0 radical (unpaired) electrons. The van der Waals surface area contributed by atoms with Gasteiger partial charge >= 0.3 is 11.8 Å². The number of para-hydroxylation sites is 1. The Kier molecular flexibility index (Phi) is 6.12. The van der Waals surface area contributed by atoms with E-state index in [1.807, 2.05) is 62.4 Å². The number of hydrogen-bond acceptors (Lipinski definition) is 3. The van der Waals surface area contributed by atoms with Gasteiger partial charge in [-0.2, -0.15) is 0 Å². The Balaban J connectivity index is 1.58. The molecule has 5 heteroatoms. The Morgan fingerprint density at radius 2 is 1.41 bits per heavy atom. The molecule has 1 heterocycles. The van der Waals surface area contributed by atoms with Gasteiger partial charge in [-0.25, -0.2) is 0 Å². The maximum atomic E-state index is 12.6. The van der Waals surface area contributed by atoms with Gasteiger partial charge in [-0.05, 0) is 23.6 Å². The molecule has 0 saturated carbocycles. The maximum Gasteiger partial charge on any atom is 0.312 e. The standard InChI is InChI=1S/C22H27N3O2/c1-17(2)20(18-9-5-3-6-10-18)23-21(26)22(27)25-15-13-24(14-16-25)19-11-7-4-8-12-19/h3-12,17,20H,13-16H2,1-2H3,(H,23,26)/t20-/m1/s1. The molecule has 5 nitrogen and oxygen atoms in total. The molecule has 2 aromatic rings. The number of benzene rings is 2. The van der Waals surface area contributed by atoms with Crippen molar-refractivity contribution in [3.05, 3.63) is 66.2 Å². The second-order valence-corrected chi connectivity index (χ2v) is 7.22. The zero-order valence-corrected chi connectivity index (χ0v) is 16.0. The fourth-order valence-electron chi connectivity index (χ4n) is 3.45. The van der Waals surface area contributed by atoms with Crippen LogP contribution >= 0.6 is 0 Å². The number of hydrogen-bond donors (Lipinski definition) is 1. The molecule has 1 atom stereocenters. The van der Waals surface area contributed by atoms with E-state index >= 15 is 0 Å². The highest BCUT2D eigenvalue weighted by Gasteiger charge is 2.28. The number of carbonyl (C=O) groups excluding carboxylic acids is 2. The molecule has 0 unspecified atom stereocenters. The molecule has 0 aliphatic carbocycles. The third kappa shape index (κ3) is 4.67. The van der Waals surface area contributed by atoms with Crippen LogP contribution < -0.4 is 10.2 Å². The van der Waals surface area contributed by atoms with Gasteiger partial charge in [0, 0.05) is 31.9 Å². The number of amides is 2. The van der Waals surface area contributed by atoms with Gasteiger partial charge in [0.25, 0.3) is 0 Å². The lowest BCUT2D eigenvalue weighted by Gasteiger charge is -2.36. The van der Waals surface area contributed by atoms with Crippen LogP contribution in [-0.2, 0) is 9.59 Å². The van der Waals surface area contributed by atoms with E-state index in [4.69, 9.17) is 0 Å². The predicted molar refractivity (Wildman–Crippen MR) is 107 cm³/mol. The van der Waals surface area contributed by atoms with Crippen molar-refractivity contribution in [3.63, 3.8) is 0 Å². The van der Waals surface area contributed by atoms with Gasteiger partial charge in [0.1, 0.15) is 0 Å². The maximum absolute atomic E-state index is 12.6. The summed E-state index contributed by atoms with van der Waals surface area (Å²) in [6.45, 7) is 6.66. The molecule has 1 aliphatic rings. The summed E-state index contributed by atoms with van der Waals surface area (Å²) >= 11 is 0. The van der Waals surface area contributed by atoms with Gasteiger partial charge in [0.05, 0.1) is 6.04 Å². The highest BCUT2D eigenvalue weighted by molar-refractivity contribution is 6.35. The number of carbonyl (C=O) groups is 2. The Hall–Kier alpha value is -2.82. The van der Waals surface area contributed by atoms with E-state index in [1.54, 1.807) is 4.90 Å². The molecule has 27 heavy (non-hydrogen) atoms. The van der Waals surface area contributed by atoms with Crippen LogP contribution in [0.1, 0.15) is 25.5 Å². The van der Waals surface area contributed by atoms with Gasteiger partial charge in [-0.1, -0.05) is 62.4 Å². The Labute approximate surface area is 161 Å². The van der Waals surface area contributed by atoms with Gasteiger partial charge in [-0.15, -0.1) is 0 Å². The van der Waals surface area contributed by atoms with Gasteiger partial charge in [0.2, 0.25) is 0 Å². The van der Waals surface area contributed by atoms with Gasteiger partial charge in [-0.3, -0.25) is 9.59 Å². The van der Waals surface area contributed by atoms with Crippen molar-refractivity contribution in [2.24, 2.45) is 5.92 Å². The van der Waals surface area contributed by atoms with Crippen molar-refractivity contribution < 1.29 is 9.59 Å². The summed E-state index contributed by atoms with van der Waals surface area (Å²) in [5.74, 6) is -0.769. The average molecular weight is 365 g/mol. The summed E-state index contributed by atoms with van der Waals surface area (Å²) in [4.78, 5) is 29.1. The van der Waals surface area contributed by atoms with E-state index in [-0.39, 0.29) is 12.0 Å². The monoisotopic (exact) mass is 365 g/mol. The smallest absolute Gasteiger partial charge is 0.312 e. The summed E-state index contributed by atoms with van der Waals surface area (Å²) < 4.78 is 0. The molecule has 1 fully saturated rings. The molecule has 0 spiro atoms. The van der Waals surface area contributed by atoms with Crippen LogP contribution in [0, 0.1) is 5.92 Å². The fraction of sp³-hybridized carbons (Fsp3) is 0.364. The predicted octanol–water partition coefficient (Wildman–Crippen LogP) is 2.85. The Morgan fingerprint density at radius 1 is 0.852 bits per heavy atom. The first-order valence-corrected chi connectivity index (χ1v) is 9.51. The van der Waals surface area contributed by atoms with Crippen LogP contribution in [0.3, 0.4) is 0 Å². The highest BCUT2D eigenvalue weighted by atomic mass is 16.2. The van der Waals surface area contributed by atoms with E-state index in [0.29, 0.717) is 13.1 Å². The first-order chi connectivity index (χ1) is 13.1. The summed E-state index contributed by atoms with van der Waals surface area (Å²) in [6.07, 6.45) is 0. The quantitative estimate of drug-likeness (QED) is 0.848. The zero-order chi connectivity index (χ0) is 19.2. The van der Waals surface area contributed by atoms with Crippen molar-refractivity contribution in [3.8, 4) is 0 Å². The van der Waals surface area contributed by atoms with E-state index in [2.05, 4.69) is 22.3 Å². The van der Waals surface area contributed by atoms with Crippen LogP contribution in [-0.4, -0.2) is 42.9 Å². The van der Waals surface area contributed by atoms with Crippen molar-refractivity contribution in [1.82, 2.24) is 10.2 Å². The number of rotatable bonds is 4. The largest absolute Gasteiger partial charge is 0.368 e. The third-order valence-corrected chi connectivity index (χ3v) is 4.99. The van der Waals surface area contributed by atoms with Crippen LogP contribution in [0.15, 0.2) is 60.7 Å². The van der Waals surface area contributed by atoms with E-state index in [0.717, 1.165) is 24.3 Å². The van der Waals surface area contributed by atoms with Gasteiger partial charge < -0.3 is 15.1 Å². The second kappa shape index (κ2) is 8.71. The van der Waals surface area contributed by atoms with E-state index in [9.17, 15) is 9.59 Å². The lowest BCUT2D eigenvalue weighted by atomic mass is 9.96. The molecule has 2 amide bonds. The minimum atomic E-state index is -0.522. The molecule has 142 valence electrons. The van der Waals surface area contributed by atoms with Crippen LogP contribution in [0.5, 0.6) is 0 Å². The van der Waals surface area contributed by atoms with Crippen molar-refractivity contribution >= 4 is 17.5 Å². The van der Waals surface area contributed by atoms with Crippen molar-refractivity contribution in [2.75, 3.05) is 31.1 Å². The van der Waals surface area contributed by atoms with E-state index < -0.39 is 11.8 Å². The van der Waals surface area contributed by atoms with E-state index in [1.165, 1.54) is 0 Å². The lowest BCUT2D eigenvalue weighted by molar-refractivity contribution is -0.146. The molecule has 0 bridgehead atoms. The van der Waals surface area contributed by atoms with Crippen molar-refractivity contribution in [2.45, 2.75) is 19.9 Å². The van der Waals surface area contributed by atoms with Crippen molar-refractivity contribution in [1.29, 1.82) is 0 Å². The molecule has 2 aromatic carbocycles. The molecule has 1 N–H and O–H groups in total. The average Bonchev–Trinajstić information content (AvgIpc) is 2.72. The Bertz CT molecular complexity index is 754. The lowest BCUT2D eigenvalue weighted by Crippen LogP contribution is -2.53. The number of nitrogens with one attached hydrogen (secondary N) is 1. The van der Waals surface area contributed by atoms with Gasteiger partial charge in [0.15, 0.2) is 0 Å². The number of piperazine rings is 1. The Morgan fingerprint density at radius 3 is 1.96 bits per heavy atom. The minimum Gasteiger partial charge on any atom is -0.368 e. The summed E-state index contributed by atoms with van der Waals surface area (Å²) in [5.41, 5.74) is 2.17. The minimum absolute atomic E-state index is 0.173. The summed E-state index contributed by atoms with van der Waals surface area (Å²) in [5, 5.41) is 2.93. The normalized spacial score (nSPS) is 15.5. The number of anilines is 1. The first-order valence-electron chi connectivity index (χ1n) is 9.51. The number of nitrogens with zero attached hydrogens (tertiary/aromatic N) is 2. The second-order valence-electron chi connectivity index (χ2n) is 7.22. The third-order valence-electron chi connectivity index (χ3n) is 4.99.